The summed E-state index contributed by atoms with van der Waals surface area (Å²) in [7, 11) is 0. The number of anilines is 1. The maximum absolute atomic E-state index is 13.7. The first kappa shape index (κ1) is 13.5. The van der Waals surface area contributed by atoms with Crippen LogP contribution in [0.1, 0.15) is 12.8 Å². The van der Waals surface area contributed by atoms with E-state index in [9.17, 15) is 19.1 Å². The lowest BCUT2D eigenvalue weighted by Crippen LogP contribution is -2.36. The lowest BCUT2D eigenvalue weighted by Gasteiger charge is -2.23. The fourth-order valence-electron chi connectivity index (χ4n) is 4.47. The predicted octanol–water partition coefficient (Wildman–Crippen LogP) is 2.68. The Hall–Kier alpha value is -2.17. The van der Waals surface area contributed by atoms with Crippen molar-refractivity contribution >= 4 is 17.6 Å². The summed E-state index contributed by atoms with van der Waals surface area (Å²) in [4.78, 5) is 24.3. The van der Waals surface area contributed by atoms with Gasteiger partial charge in [-0.3, -0.25) is 9.59 Å². The summed E-state index contributed by atoms with van der Waals surface area (Å²) in [6.45, 7) is 0. The van der Waals surface area contributed by atoms with Crippen LogP contribution in [0.5, 0.6) is 0 Å². The van der Waals surface area contributed by atoms with Gasteiger partial charge in [0, 0.05) is 0 Å². The van der Waals surface area contributed by atoms with Crippen molar-refractivity contribution in [3.05, 3.63) is 42.2 Å². The normalized spacial score (nSPS) is 33.1. The number of carboxylic acid groups (broad SMARTS) is 1. The zero-order chi connectivity index (χ0) is 15.5. The molecule has 2 saturated carbocycles. The van der Waals surface area contributed by atoms with Crippen molar-refractivity contribution in [3.63, 3.8) is 0 Å². The van der Waals surface area contributed by atoms with Crippen LogP contribution in [-0.4, -0.2) is 17.0 Å². The van der Waals surface area contributed by atoms with Crippen molar-refractivity contribution in [1.82, 2.24) is 0 Å². The summed E-state index contributed by atoms with van der Waals surface area (Å²) in [5.74, 6) is -3.25. The van der Waals surface area contributed by atoms with Gasteiger partial charge in [-0.25, -0.2) is 4.39 Å². The van der Waals surface area contributed by atoms with Crippen LogP contribution in [0.25, 0.3) is 0 Å². The Kier molecular flexibility index (Phi) is 2.71. The molecule has 1 aromatic carbocycles. The van der Waals surface area contributed by atoms with E-state index in [1.54, 1.807) is 12.1 Å². The van der Waals surface area contributed by atoms with Crippen molar-refractivity contribution in [1.29, 1.82) is 0 Å². The lowest BCUT2D eigenvalue weighted by atomic mass is 9.82. The van der Waals surface area contributed by atoms with Gasteiger partial charge >= 0.3 is 5.97 Å². The minimum atomic E-state index is -0.934. The van der Waals surface area contributed by atoms with Crippen LogP contribution >= 0.6 is 0 Å². The number of rotatable bonds is 3. The van der Waals surface area contributed by atoms with Gasteiger partial charge < -0.3 is 10.4 Å². The van der Waals surface area contributed by atoms with Crippen LogP contribution in [0.3, 0.4) is 0 Å². The predicted molar refractivity (Wildman–Crippen MR) is 77.4 cm³/mol. The van der Waals surface area contributed by atoms with Crippen LogP contribution in [0.15, 0.2) is 36.4 Å². The van der Waals surface area contributed by atoms with E-state index in [0.717, 1.165) is 12.8 Å². The van der Waals surface area contributed by atoms with Gasteiger partial charge in [0.2, 0.25) is 5.91 Å². The number of allylic oxidation sites excluding steroid dienone is 2. The monoisotopic (exact) mass is 301 g/mol. The van der Waals surface area contributed by atoms with Crippen LogP contribution in [-0.2, 0) is 9.59 Å². The number of carbonyl (C=O) groups is 2. The van der Waals surface area contributed by atoms with Gasteiger partial charge in [0.05, 0.1) is 17.5 Å². The second-order valence-electron chi connectivity index (χ2n) is 6.53. The SMILES string of the molecule is O=C(O)[C@@H]1[C@H](C(=O)Nc2ccccc2F)[C@H]2C=C[C@@H]1C21CC1. The minimum Gasteiger partial charge on any atom is -0.481 e. The van der Waals surface area contributed by atoms with Crippen molar-refractivity contribution in [2.45, 2.75) is 12.8 Å². The van der Waals surface area contributed by atoms with Gasteiger partial charge in [-0.15, -0.1) is 0 Å². The Morgan fingerprint density at radius 2 is 1.77 bits per heavy atom. The third-order valence-corrected chi connectivity index (χ3v) is 5.56. The number of hydrogen-bond donors (Lipinski definition) is 2. The average Bonchev–Trinajstić information content (AvgIpc) is 3.15. The molecule has 0 radical (unpaired) electrons. The quantitative estimate of drug-likeness (QED) is 0.844. The molecule has 2 fully saturated rings. The molecule has 1 spiro atoms. The smallest absolute Gasteiger partial charge is 0.307 e. The number of benzene rings is 1. The van der Waals surface area contributed by atoms with Gasteiger partial charge in [-0.2, -0.15) is 0 Å². The van der Waals surface area contributed by atoms with Gasteiger partial charge in [-0.1, -0.05) is 24.3 Å². The number of amides is 1. The van der Waals surface area contributed by atoms with Gasteiger partial charge in [-0.05, 0) is 42.2 Å². The van der Waals surface area contributed by atoms with Crippen LogP contribution in [0.2, 0.25) is 0 Å². The summed E-state index contributed by atoms with van der Waals surface area (Å²) in [6.07, 6.45) is 5.90. The van der Waals surface area contributed by atoms with Crippen LogP contribution in [0, 0.1) is 34.9 Å². The molecule has 4 rings (SSSR count). The molecule has 3 aliphatic rings. The molecule has 3 aliphatic carbocycles. The molecule has 0 saturated heterocycles. The molecule has 4 nitrogen and oxygen atoms in total. The van der Waals surface area contributed by atoms with Gasteiger partial charge in [0.25, 0.3) is 0 Å². The Balaban J connectivity index is 1.64. The third-order valence-electron chi connectivity index (χ3n) is 5.56. The molecule has 5 heteroatoms. The van der Waals surface area contributed by atoms with E-state index in [0.29, 0.717) is 0 Å². The van der Waals surface area contributed by atoms with Crippen LogP contribution < -0.4 is 5.32 Å². The summed E-state index contributed by atoms with van der Waals surface area (Å²) in [5.41, 5.74) is 0.0774. The van der Waals surface area contributed by atoms with Gasteiger partial charge in [0.15, 0.2) is 0 Å². The summed E-state index contributed by atoms with van der Waals surface area (Å²) in [6, 6.07) is 5.94. The Morgan fingerprint density at radius 1 is 1.14 bits per heavy atom. The molecule has 2 N–H and O–H groups in total. The molecule has 1 aromatic rings. The van der Waals surface area contributed by atoms with E-state index in [1.807, 2.05) is 12.2 Å². The molecule has 0 aliphatic heterocycles. The van der Waals surface area contributed by atoms with Crippen molar-refractivity contribution in [2.24, 2.45) is 29.1 Å². The lowest BCUT2D eigenvalue weighted by molar-refractivity contribution is -0.146. The number of carbonyl (C=O) groups excluding carboxylic acids is 1. The highest BCUT2D eigenvalue weighted by molar-refractivity contribution is 5.96. The third kappa shape index (κ3) is 1.68. The maximum Gasteiger partial charge on any atom is 0.307 e. The highest BCUT2D eigenvalue weighted by Gasteiger charge is 2.70. The van der Waals surface area contributed by atoms with Crippen molar-refractivity contribution < 1.29 is 19.1 Å². The molecule has 4 atom stereocenters. The number of halogens is 1. The van der Waals surface area contributed by atoms with E-state index in [4.69, 9.17) is 0 Å². The first-order valence-corrected chi connectivity index (χ1v) is 7.51. The van der Waals surface area contributed by atoms with Crippen LogP contribution in [0.4, 0.5) is 10.1 Å². The van der Waals surface area contributed by atoms with E-state index < -0.39 is 23.6 Å². The summed E-state index contributed by atoms with van der Waals surface area (Å²) < 4.78 is 13.7. The molecule has 2 bridgehead atoms. The van der Waals surface area contributed by atoms with E-state index in [-0.39, 0.29) is 28.8 Å². The second kappa shape index (κ2) is 4.41. The number of nitrogens with one attached hydrogen (secondary N) is 1. The van der Waals surface area contributed by atoms with Gasteiger partial charge in [0.1, 0.15) is 5.82 Å². The minimum absolute atomic E-state index is 0.0275. The molecule has 1 amide bonds. The number of para-hydroxylation sites is 1. The zero-order valence-corrected chi connectivity index (χ0v) is 11.8. The first-order chi connectivity index (χ1) is 10.5. The Bertz CT molecular complexity index is 695. The maximum atomic E-state index is 13.7. The largest absolute Gasteiger partial charge is 0.481 e. The van der Waals surface area contributed by atoms with E-state index >= 15 is 0 Å². The standard InChI is InChI=1S/C17H16FNO3/c18-11-3-1-2-4-12(11)19-15(20)13-9-5-6-10(14(13)16(21)22)17(9)7-8-17/h1-6,9-10,13-14H,7-8H2,(H,19,20)(H,21,22)/t9-,10+,13-,14+/m1/s1. The summed E-state index contributed by atoms with van der Waals surface area (Å²) in [5, 5.41) is 12.1. The fraction of sp³-hybridized carbons (Fsp3) is 0.412. The summed E-state index contributed by atoms with van der Waals surface area (Å²) >= 11 is 0. The molecular formula is C17H16FNO3. The van der Waals surface area contributed by atoms with Crippen molar-refractivity contribution in [3.8, 4) is 0 Å². The molecule has 0 aromatic heterocycles. The van der Waals surface area contributed by atoms with E-state index in [1.165, 1.54) is 12.1 Å². The fourth-order valence-corrected chi connectivity index (χ4v) is 4.47. The molecule has 22 heavy (non-hydrogen) atoms. The molecular weight excluding hydrogens is 285 g/mol. The topological polar surface area (TPSA) is 66.4 Å². The zero-order valence-electron chi connectivity index (χ0n) is 11.8. The number of carboxylic acids is 1. The number of aliphatic carboxylic acids is 1. The number of hydrogen-bond acceptors (Lipinski definition) is 2. The highest BCUT2D eigenvalue weighted by Crippen LogP contribution is 2.72. The second-order valence-corrected chi connectivity index (χ2v) is 6.53. The molecule has 114 valence electrons. The molecule has 0 unspecified atom stereocenters. The van der Waals surface area contributed by atoms with Crippen molar-refractivity contribution in [2.75, 3.05) is 5.32 Å². The van der Waals surface area contributed by atoms with E-state index in [2.05, 4.69) is 5.32 Å². The Labute approximate surface area is 127 Å². The highest BCUT2D eigenvalue weighted by atomic mass is 19.1. The Morgan fingerprint density at radius 3 is 2.36 bits per heavy atom. The first-order valence-electron chi connectivity index (χ1n) is 7.51. The average molecular weight is 301 g/mol. The molecule has 0 heterocycles.